The van der Waals surface area contributed by atoms with E-state index >= 15 is 0 Å². The molecule has 1 unspecified atom stereocenters. The normalized spacial score (nSPS) is 21.3. The first kappa shape index (κ1) is 22.0. The number of nitrogens with zero attached hydrogens (tertiary/aromatic N) is 2. The van der Waals surface area contributed by atoms with Crippen LogP contribution in [0.3, 0.4) is 0 Å². The molecule has 6 heteroatoms. The molecule has 2 saturated heterocycles. The summed E-state index contributed by atoms with van der Waals surface area (Å²) in [5.74, 6) is 0.171. The van der Waals surface area contributed by atoms with Gasteiger partial charge in [-0.05, 0) is 55.7 Å². The van der Waals surface area contributed by atoms with Crippen LogP contribution in [-0.4, -0.2) is 45.1 Å². The SMILES string of the molecule is CCc1ccc(/C=C2\SC(=S)N(CCCC(=O)N3CCCCC3CC)C2=O)cc1. The standard InChI is InChI=1S/C23H30N2O2S2/c1-3-17-10-12-18(13-11-17)16-20-22(27)25(23(28)29-20)15-7-9-21(26)24-14-6-5-8-19(24)4-2/h10-13,16,19H,3-9,14-15H2,1-2H3/b20-16-. The number of likely N-dealkylation sites (tertiary alicyclic amines) is 1. The minimum absolute atomic E-state index is 0.0450. The van der Waals surface area contributed by atoms with E-state index in [1.54, 1.807) is 4.90 Å². The van der Waals surface area contributed by atoms with Crippen molar-refractivity contribution in [3.8, 4) is 0 Å². The number of thioether (sulfide) groups is 1. The van der Waals surface area contributed by atoms with Crippen LogP contribution in [0, 0.1) is 0 Å². The molecule has 1 aromatic carbocycles. The van der Waals surface area contributed by atoms with Gasteiger partial charge in [-0.25, -0.2) is 0 Å². The Morgan fingerprint density at radius 2 is 2.00 bits per heavy atom. The first-order valence-corrected chi connectivity index (χ1v) is 11.9. The van der Waals surface area contributed by atoms with E-state index in [0.29, 0.717) is 34.7 Å². The van der Waals surface area contributed by atoms with Crippen LogP contribution in [0.15, 0.2) is 29.2 Å². The maximum atomic E-state index is 12.8. The minimum Gasteiger partial charge on any atom is -0.340 e. The summed E-state index contributed by atoms with van der Waals surface area (Å²) in [6, 6.07) is 8.62. The molecule has 3 rings (SSSR count). The number of hydrogen-bond donors (Lipinski definition) is 0. The highest BCUT2D eigenvalue weighted by molar-refractivity contribution is 8.26. The Balaban J connectivity index is 1.54. The predicted octanol–water partition coefficient (Wildman–Crippen LogP) is 5.02. The zero-order valence-electron chi connectivity index (χ0n) is 17.4. The second kappa shape index (κ2) is 10.4. The number of rotatable bonds is 7. The Morgan fingerprint density at radius 3 is 2.69 bits per heavy atom. The molecule has 156 valence electrons. The van der Waals surface area contributed by atoms with E-state index in [1.807, 2.05) is 23.1 Å². The molecule has 1 atom stereocenters. The lowest BCUT2D eigenvalue weighted by Gasteiger charge is -2.35. The van der Waals surface area contributed by atoms with E-state index < -0.39 is 0 Å². The molecule has 0 aromatic heterocycles. The Bertz CT molecular complexity index is 789. The van der Waals surface area contributed by atoms with Crippen LogP contribution in [0.1, 0.15) is 63.5 Å². The molecule has 0 bridgehead atoms. The molecule has 4 nitrogen and oxygen atoms in total. The summed E-state index contributed by atoms with van der Waals surface area (Å²) in [7, 11) is 0. The number of benzene rings is 1. The second-order valence-electron chi connectivity index (χ2n) is 7.68. The molecule has 0 saturated carbocycles. The largest absolute Gasteiger partial charge is 0.340 e. The average molecular weight is 431 g/mol. The van der Waals surface area contributed by atoms with Crippen LogP contribution < -0.4 is 0 Å². The summed E-state index contributed by atoms with van der Waals surface area (Å²) in [5.41, 5.74) is 2.28. The number of thiocarbonyl (C=S) groups is 1. The molecule has 0 radical (unpaired) electrons. The van der Waals surface area contributed by atoms with Gasteiger partial charge in [0.15, 0.2) is 0 Å². The number of piperidine rings is 1. The average Bonchev–Trinajstić information content (AvgIpc) is 3.01. The third-order valence-corrected chi connectivity index (χ3v) is 7.13. The van der Waals surface area contributed by atoms with Crippen LogP contribution in [0.4, 0.5) is 0 Å². The number of carbonyl (C=O) groups is 2. The summed E-state index contributed by atoms with van der Waals surface area (Å²) in [5, 5.41) is 0. The highest BCUT2D eigenvalue weighted by Crippen LogP contribution is 2.33. The molecule has 2 aliphatic heterocycles. The van der Waals surface area contributed by atoms with Crippen molar-refractivity contribution in [2.24, 2.45) is 0 Å². The lowest BCUT2D eigenvalue weighted by molar-refractivity contribution is -0.135. The van der Waals surface area contributed by atoms with E-state index in [-0.39, 0.29) is 11.8 Å². The third-order valence-electron chi connectivity index (χ3n) is 5.75. The number of aryl methyl sites for hydroxylation is 1. The quantitative estimate of drug-likeness (QED) is 0.450. The van der Waals surface area contributed by atoms with Gasteiger partial charge in [0.25, 0.3) is 5.91 Å². The van der Waals surface area contributed by atoms with Crippen LogP contribution in [0.25, 0.3) is 6.08 Å². The van der Waals surface area contributed by atoms with Crippen molar-refractivity contribution in [3.63, 3.8) is 0 Å². The fourth-order valence-electron chi connectivity index (χ4n) is 3.98. The van der Waals surface area contributed by atoms with Crippen molar-refractivity contribution in [3.05, 3.63) is 40.3 Å². The van der Waals surface area contributed by atoms with Crippen molar-refractivity contribution in [2.45, 2.75) is 64.8 Å². The summed E-state index contributed by atoms with van der Waals surface area (Å²) < 4.78 is 0.586. The van der Waals surface area contributed by atoms with Gasteiger partial charge in [-0.3, -0.25) is 14.5 Å². The Labute approximate surface area is 183 Å². The van der Waals surface area contributed by atoms with E-state index in [0.717, 1.165) is 37.8 Å². The van der Waals surface area contributed by atoms with Crippen LogP contribution in [-0.2, 0) is 16.0 Å². The van der Waals surface area contributed by atoms with Crippen molar-refractivity contribution in [2.75, 3.05) is 13.1 Å². The van der Waals surface area contributed by atoms with Gasteiger partial charge in [-0.2, -0.15) is 0 Å². The number of amides is 2. The summed E-state index contributed by atoms with van der Waals surface area (Å²) >= 11 is 6.78. The summed E-state index contributed by atoms with van der Waals surface area (Å²) in [6.07, 6.45) is 8.47. The Hall–Kier alpha value is -1.66. The molecular formula is C23H30N2O2S2. The lowest BCUT2D eigenvalue weighted by Crippen LogP contribution is -2.43. The molecule has 2 aliphatic rings. The first-order chi connectivity index (χ1) is 14.0. The highest BCUT2D eigenvalue weighted by Gasteiger charge is 2.32. The van der Waals surface area contributed by atoms with Gasteiger partial charge in [0.1, 0.15) is 4.32 Å². The minimum atomic E-state index is -0.0450. The van der Waals surface area contributed by atoms with Crippen molar-refractivity contribution in [1.29, 1.82) is 0 Å². The predicted molar refractivity (Wildman–Crippen MR) is 125 cm³/mol. The van der Waals surface area contributed by atoms with E-state index in [4.69, 9.17) is 12.2 Å². The summed E-state index contributed by atoms with van der Waals surface area (Å²) in [6.45, 7) is 5.65. The molecule has 2 amide bonds. The van der Waals surface area contributed by atoms with Gasteiger partial charge in [0, 0.05) is 25.6 Å². The Kier molecular flexibility index (Phi) is 7.90. The van der Waals surface area contributed by atoms with Gasteiger partial charge < -0.3 is 4.90 Å². The van der Waals surface area contributed by atoms with Gasteiger partial charge in [-0.1, -0.05) is 62.1 Å². The fourth-order valence-corrected chi connectivity index (χ4v) is 5.29. The summed E-state index contributed by atoms with van der Waals surface area (Å²) in [4.78, 5) is 29.8. The monoisotopic (exact) mass is 430 g/mol. The Morgan fingerprint density at radius 1 is 1.24 bits per heavy atom. The lowest BCUT2D eigenvalue weighted by atomic mass is 9.99. The fraction of sp³-hybridized carbons (Fsp3) is 0.522. The smallest absolute Gasteiger partial charge is 0.266 e. The van der Waals surface area contributed by atoms with Crippen LogP contribution in [0.2, 0.25) is 0 Å². The van der Waals surface area contributed by atoms with Crippen LogP contribution >= 0.6 is 24.0 Å². The molecule has 2 heterocycles. The maximum Gasteiger partial charge on any atom is 0.266 e. The van der Waals surface area contributed by atoms with Crippen molar-refractivity contribution in [1.82, 2.24) is 9.80 Å². The third kappa shape index (κ3) is 5.48. The van der Waals surface area contributed by atoms with E-state index in [2.05, 4.69) is 26.0 Å². The molecule has 0 N–H and O–H groups in total. The van der Waals surface area contributed by atoms with E-state index in [1.165, 1.54) is 23.7 Å². The van der Waals surface area contributed by atoms with Gasteiger partial charge in [0.05, 0.1) is 4.91 Å². The van der Waals surface area contributed by atoms with Gasteiger partial charge >= 0.3 is 0 Å². The molecule has 29 heavy (non-hydrogen) atoms. The zero-order chi connectivity index (χ0) is 20.8. The molecular weight excluding hydrogens is 400 g/mol. The van der Waals surface area contributed by atoms with Crippen molar-refractivity contribution >= 4 is 46.2 Å². The number of hydrogen-bond acceptors (Lipinski definition) is 4. The topological polar surface area (TPSA) is 40.6 Å². The van der Waals surface area contributed by atoms with Crippen LogP contribution in [0.5, 0.6) is 0 Å². The molecule has 0 aliphatic carbocycles. The molecule has 0 spiro atoms. The first-order valence-electron chi connectivity index (χ1n) is 10.7. The van der Waals surface area contributed by atoms with Gasteiger partial charge in [-0.15, -0.1) is 0 Å². The van der Waals surface area contributed by atoms with E-state index in [9.17, 15) is 9.59 Å². The van der Waals surface area contributed by atoms with Gasteiger partial charge in [0.2, 0.25) is 5.91 Å². The second-order valence-corrected chi connectivity index (χ2v) is 9.35. The zero-order valence-corrected chi connectivity index (χ0v) is 19.0. The molecule has 1 aromatic rings. The van der Waals surface area contributed by atoms with Crippen molar-refractivity contribution < 1.29 is 9.59 Å². The molecule has 2 fully saturated rings. The highest BCUT2D eigenvalue weighted by atomic mass is 32.2. The number of carbonyl (C=O) groups excluding carboxylic acids is 2. The maximum absolute atomic E-state index is 12.8.